The highest BCUT2D eigenvalue weighted by molar-refractivity contribution is 6.16. The number of fused-ring (bicyclic) bond motifs is 3. The second-order valence-corrected chi connectivity index (χ2v) is 8.79. The smallest absolute Gasteiger partial charge is 0.342 e. The fourth-order valence-corrected chi connectivity index (χ4v) is 5.04. The van der Waals surface area contributed by atoms with Gasteiger partial charge < -0.3 is 19.2 Å². The molecule has 2 aromatic heterocycles. The number of benzene rings is 2. The van der Waals surface area contributed by atoms with Gasteiger partial charge in [0.25, 0.3) is 0 Å². The van der Waals surface area contributed by atoms with Crippen molar-refractivity contribution in [1.82, 2.24) is 14.8 Å². The summed E-state index contributed by atoms with van der Waals surface area (Å²) in [6.45, 7) is 7.25. The molecule has 4 aromatic rings. The van der Waals surface area contributed by atoms with Crippen molar-refractivity contribution in [3.8, 4) is 5.75 Å². The van der Waals surface area contributed by atoms with E-state index in [2.05, 4.69) is 21.8 Å². The lowest BCUT2D eigenvalue weighted by Gasteiger charge is -2.38. The van der Waals surface area contributed by atoms with Crippen molar-refractivity contribution in [2.75, 3.05) is 39.8 Å². The molecular weight excluding hydrogens is 430 g/mol. The average Bonchev–Trinajstić information content (AvgIpc) is 3.20. The van der Waals surface area contributed by atoms with Crippen LogP contribution in [0.1, 0.15) is 40.2 Å². The van der Waals surface area contributed by atoms with E-state index in [4.69, 9.17) is 9.15 Å². The highest BCUT2D eigenvalue weighted by atomic mass is 16.5. The third-order valence-electron chi connectivity index (χ3n) is 6.69. The number of pyridine rings is 1. The molecule has 1 atom stereocenters. The molecule has 1 N–H and O–H groups in total. The number of esters is 1. The van der Waals surface area contributed by atoms with Crippen LogP contribution < -0.4 is 0 Å². The maximum Gasteiger partial charge on any atom is 0.342 e. The summed E-state index contributed by atoms with van der Waals surface area (Å²) in [4.78, 5) is 22.1. The molecule has 7 nitrogen and oxygen atoms in total. The molecule has 0 radical (unpaired) electrons. The third kappa shape index (κ3) is 3.71. The number of furan rings is 1. The lowest BCUT2D eigenvalue weighted by Crippen LogP contribution is -2.46. The quantitative estimate of drug-likeness (QED) is 0.440. The van der Waals surface area contributed by atoms with Crippen molar-refractivity contribution in [3.05, 3.63) is 71.2 Å². The van der Waals surface area contributed by atoms with Crippen LogP contribution in [0.3, 0.4) is 0 Å². The van der Waals surface area contributed by atoms with Gasteiger partial charge in [0.2, 0.25) is 0 Å². The number of hydrogen-bond acceptors (Lipinski definition) is 7. The number of piperazine rings is 1. The van der Waals surface area contributed by atoms with E-state index in [-0.39, 0.29) is 18.4 Å². The number of aromatic nitrogens is 1. The highest BCUT2D eigenvalue weighted by Gasteiger charge is 2.34. The topological polar surface area (TPSA) is 79.0 Å². The Morgan fingerprint density at radius 1 is 1.15 bits per heavy atom. The number of carbonyl (C=O) groups excluding carboxylic acids is 1. The Morgan fingerprint density at radius 3 is 2.56 bits per heavy atom. The highest BCUT2D eigenvalue weighted by Crippen LogP contribution is 2.47. The van der Waals surface area contributed by atoms with E-state index in [9.17, 15) is 9.90 Å². The lowest BCUT2D eigenvalue weighted by molar-refractivity contribution is 0.0526. The van der Waals surface area contributed by atoms with Gasteiger partial charge in [-0.2, -0.15) is 0 Å². The first-order valence-electron chi connectivity index (χ1n) is 11.7. The molecule has 0 bridgehead atoms. The Kier molecular flexibility index (Phi) is 5.98. The minimum absolute atomic E-state index is 0.155. The summed E-state index contributed by atoms with van der Waals surface area (Å²) in [6.07, 6.45) is 3.58. The number of carbonyl (C=O) groups is 1. The van der Waals surface area contributed by atoms with Crippen molar-refractivity contribution < 1.29 is 19.1 Å². The van der Waals surface area contributed by atoms with Gasteiger partial charge in [-0.25, -0.2) is 4.79 Å². The Hall–Kier alpha value is -3.42. The summed E-state index contributed by atoms with van der Waals surface area (Å²) < 4.78 is 11.6. The summed E-state index contributed by atoms with van der Waals surface area (Å²) in [5.74, 6) is 0.189. The molecule has 0 aliphatic carbocycles. The molecule has 0 saturated carbocycles. The Morgan fingerprint density at radius 2 is 1.88 bits per heavy atom. The number of ether oxygens (including phenoxy) is 1. The third-order valence-corrected chi connectivity index (χ3v) is 6.69. The van der Waals surface area contributed by atoms with E-state index in [1.807, 2.05) is 42.6 Å². The first-order chi connectivity index (χ1) is 16.5. The van der Waals surface area contributed by atoms with Crippen LogP contribution in [-0.4, -0.2) is 65.7 Å². The largest absolute Gasteiger partial charge is 0.507 e. The zero-order valence-electron chi connectivity index (χ0n) is 19.7. The van der Waals surface area contributed by atoms with E-state index in [1.54, 1.807) is 20.0 Å². The molecule has 1 fully saturated rings. The standard InChI is InChI=1S/C27H29N3O4/c1-4-33-27(32)21-17(2)34-26-20-10-6-5-9-19(20)25(31)23(22(21)26)24(18-8-7-11-28-16-18)30-14-12-29(3)13-15-30/h5-11,16,24,31H,4,12-15H2,1-3H3/t24-/m0/s1. The number of rotatable bonds is 5. The molecule has 7 heteroatoms. The van der Waals surface area contributed by atoms with Crippen LogP contribution in [0, 0.1) is 6.92 Å². The number of hydrogen-bond donors (Lipinski definition) is 1. The maximum absolute atomic E-state index is 13.1. The first-order valence-corrected chi connectivity index (χ1v) is 11.7. The van der Waals surface area contributed by atoms with Crippen LogP contribution >= 0.6 is 0 Å². The Balaban J connectivity index is 1.87. The fourth-order valence-electron chi connectivity index (χ4n) is 5.04. The number of phenols is 1. The number of aryl methyl sites for hydroxylation is 1. The molecule has 2 aromatic carbocycles. The van der Waals surface area contributed by atoms with Crippen molar-refractivity contribution in [3.63, 3.8) is 0 Å². The van der Waals surface area contributed by atoms with Gasteiger partial charge in [-0.3, -0.25) is 9.88 Å². The zero-order chi connectivity index (χ0) is 23.8. The van der Waals surface area contributed by atoms with E-state index in [0.717, 1.165) is 37.1 Å². The summed E-state index contributed by atoms with van der Waals surface area (Å²) in [5.41, 5.74) is 2.57. The molecule has 0 amide bonds. The van der Waals surface area contributed by atoms with Crippen LogP contribution in [-0.2, 0) is 4.74 Å². The molecule has 1 aliphatic heterocycles. The first kappa shape index (κ1) is 22.4. The molecule has 176 valence electrons. The van der Waals surface area contributed by atoms with E-state index in [0.29, 0.717) is 33.2 Å². The van der Waals surface area contributed by atoms with E-state index >= 15 is 0 Å². The predicted molar refractivity (Wildman–Crippen MR) is 131 cm³/mol. The molecule has 0 spiro atoms. The molecule has 0 unspecified atom stereocenters. The summed E-state index contributed by atoms with van der Waals surface area (Å²) in [6, 6.07) is 11.2. The number of likely N-dealkylation sites (N-methyl/N-ethyl adjacent to an activating group) is 1. The van der Waals surface area contributed by atoms with Gasteiger partial charge in [-0.15, -0.1) is 0 Å². The normalized spacial score (nSPS) is 16.2. The maximum atomic E-state index is 13.1. The second kappa shape index (κ2) is 9.08. The van der Waals surface area contributed by atoms with Gasteiger partial charge in [-0.05, 0) is 32.5 Å². The molecule has 34 heavy (non-hydrogen) atoms. The van der Waals surface area contributed by atoms with E-state index < -0.39 is 5.97 Å². The van der Waals surface area contributed by atoms with Gasteiger partial charge >= 0.3 is 5.97 Å². The van der Waals surface area contributed by atoms with Crippen LogP contribution in [0.5, 0.6) is 5.75 Å². The molecule has 3 heterocycles. The van der Waals surface area contributed by atoms with Crippen LogP contribution in [0.25, 0.3) is 21.7 Å². The van der Waals surface area contributed by atoms with Gasteiger partial charge in [-0.1, -0.05) is 30.3 Å². The SMILES string of the molecule is CCOC(=O)c1c(C)oc2c1c([C@H](c1cccnc1)N1CCN(C)CC1)c(O)c1ccccc12. The van der Waals surface area contributed by atoms with Crippen molar-refractivity contribution >= 4 is 27.7 Å². The van der Waals surface area contributed by atoms with Gasteiger partial charge in [0, 0.05) is 60.3 Å². The monoisotopic (exact) mass is 459 g/mol. The van der Waals surface area contributed by atoms with Gasteiger partial charge in [0.1, 0.15) is 22.7 Å². The van der Waals surface area contributed by atoms with Crippen molar-refractivity contribution in [2.24, 2.45) is 0 Å². The number of aromatic hydroxyl groups is 1. The number of phenolic OH excluding ortho intramolecular Hbond substituents is 1. The summed E-state index contributed by atoms with van der Waals surface area (Å²) in [5, 5.41) is 13.8. The second-order valence-electron chi connectivity index (χ2n) is 8.79. The van der Waals surface area contributed by atoms with Crippen molar-refractivity contribution in [2.45, 2.75) is 19.9 Å². The zero-order valence-corrected chi connectivity index (χ0v) is 19.7. The molecule has 1 saturated heterocycles. The minimum atomic E-state index is -0.446. The van der Waals surface area contributed by atoms with Crippen LogP contribution in [0.2, 0.25) is 0 Å². The van der Waals surface area contributed by atoms with E-state index in [1.165, 1.54) is 0 Å². The van der Waals surface area contributed by atoms with Crippen LogP contribution in [0.4, 0.5) is 0 Å². The average molecular weight is 460 g/mol. The van der Waals surface area contributed by atoms with Crippen LogP contribution in [0.15, 0.2) is 53.2 Å². The molecule has 1 aliphatic rings. The Labute approximate surface area is 198 Å². The molecule has 5 rings (SSSR count). The summed E-state index contributed by atoms with van der Waals surface area (Å²) >= 11 is 0. The van der Waals surface area contributed by atoms with Gasteiger partial charge in [0.15, 0.2) is 0 Å². The fraction of sp³-hybridized carbons (Fsp3) is 0.333. The lowest BCUT2D eigenvalue weighted by atomic mass is 9.89. The van der Waals surface area contributed by atoms with Gasteiger partial charge in [0.05, 0.1) is 12.6 Å². The summed E-state index contributed by atoms with van der Waals surface area (Å²) in [7, 11) is 2.11. The minimum Gasteiger partial charge on any atom is -0.507 e. The number of nitrogens with zero attached hydrogens (tertiary/aromatic N) is 3. The predicted octanol–water partition coefficient (Wildman–Crippen LogP) is 4.51. The van der Waals surface area contributed by atoms with Crippen molar-refractivity contribution in [1.29, 1.82) is 0 Å². The Bertz CT molecular complexity index is 1340. The molecular formula is C27H29N3O4.